The van der Waals surface area contributed by atoms with Gasteiger partial charge in [-0.1, -0.05) is 72.8 Å². The van der Waals surface area contributed by atoms with E-state index in [1.165, 1.54) is 6.07 Å². The molecule has 1 N–H and O–H groups in total. The number of carbonyl (C=O) groups excluding carboxylic acids is 1. The van der Waals surface area contributed by atoms with Crippen molar-refractivity contribution in [3.63, 3.8) is 0 Å². The molecule has 3 aromatic carbocycles. The Bertz CT molecular complexity index is 1630. The summed E-state index contributed by atoms with van der Waals surface area (Å²) in [4.78, 5) is 18.4. The quantitative estimate of drug-likeness (QED) is 0.375. The molecule has 1 amide bonds. The van der Waals surface area contributed by atoms with Gasteiger partial charge in [0, 0.05) is 11.8 Å². The second kappa shape index (κ2) is 9.15. The van der Waals surface area contributed by atoms with Crippen molar-refractivity contribution >= 4 is 32.5 Å². The van der Waals surface area contributed by atoms with E-state index in [4.69, 9.17) is 4.98 Å². The molecule has 2 heterocycles. The lowest BCUT2D eigenvalue weighted by Gasteiger charge is -2.12. The summed E-state index contributed by atoms with van der Waals surface area (Å²) in [6.07, 6.45) is 2.74. The minimum absolute atomic E-state index is 0.0571. The maximum atomic E-state index is 13.5. The first-order valence-corrected chi connectivity index (χ1v) is 12.9. The predicted molar refractivity (Wildman–Crippen MR) is 136 cm³/mol. The molecule has 5 aromatic rings. The van der Waals surface area contributed by atoms with Gasteiger partial charge in [0.2, 0.25) is 0 Å². The van der Waals surface area contributed by atoms with Crippen molar-refractivity contribution in [3.8, 4) is 11.3 Å². The summed E-state index contributed by atoms with van der Waals surface area (Å²) < 4.78 is 26.2. The van der Waals surface area contributed by atoms with E-state index in [1.54, 1.807) is 35.1 Å². The molecule has 0 fully saturated rings. The number of sulfone groups is 1. The molecular formula is C27H22N4O3S. The Morgan fingerprint density at radius 1 is 0.914 bits per heavy atom. The van der Waals surface area contributed by atoms with Crippen molar-refractivity contribution in [2.75, 3.05) is 11.6 Å². The van der Waals surface area contributed by atoms with Crippen LogP contribution in [0.4, 0.5) is 5.69 Å². The number of nitrogens with one attached hydrogen (secondary N) is 1. The zero-order chi connectivity index (χ0) is 24.4. The minimum Gasteiger partial charge on any atom is -0.321 e. The highest BCUT2D eigenvalue weighted by atomic mass is 32.2. The standard InChI is InChI=1S/C27H22N4O3S/c1-35(33,34)25-15-9-8-14-23(25)30-27(32)21-16-24(20-12-6-3-7-13-20)29-26-22(21)17-28-31(26)18-19-10-4-2-5-11-19/h2-17H,18H2,1H3,(H,30,32). The zero-order valence-corrected chi connectivity index (χ0v) is 19.7. The van der Waals surface area contributed by atoms with E-state index in [2.05, 4.69) is 10.4 Å². The maximum Gasteiger partial charge on any atom is 0.256 e. The van der Waals surface area contributed by atoms with Gasteiger partial charge in [-0.2, -0.15) is 5.10 Å². The summed E-state index contributed by atoms with van der Waals surface area (Å²) in [5, 5.41) is 7.87. The predicted octanol–water partition coefficient (Wildman–Crippen LogP) is 4.80. The first kappa shape index (κ1) is 22.5. The summed E-state index contributed by atoms with van der Waals surface area (Å²) >= 11 is 0. The number of anilines is 1. The minimum atomic E-state index is -3.53. The second-order valence-corrected chi connectivity index (χ2v) is 10.2. The van der Waals surface area contributed by atoms with Crippen LogP contribution in [0.25, 0.3) is 22.3 Å². The van der Waals surface area contributed by atoms with E-state index in [9.17, 15) is 13.2 Å². The van der Waals surface area contributed by atoms with Crippen LogP contribution < -0.4 is 5.32 Å². The summed E-state index contributed by atoms with van der Waals surface area (Å²) in [5.41, 5.74) is 3.68. The topological polar surface area (TPSA) is 93.9 Å². The molecule has 0 saturated heterocycles. The summed E-state index contributed by atoms with van der Waals surface area (Å²) in [7, 11) is -3.53. The maximum absolute atomic E-state index is 13.5. The third kappa shape index (κ3) is 4.69. The van der Waals surface area contributed by atoms with Crippen LogP contribution >= 0.6 is 0 Å². The number of aromatic nitrogens is 3. The average molecular weight is 483 g/mol. The van der Waals surface area contributed by atoms with Crippen molar-refractivity contribution in [3.05, 3.63) is 108 Å². The lowest BCUT2D eigenvalue weighted by Crippen LogP contribution is -2.15. The molecule has 0 saturated carbocycles. The van der Waals surface area contributed by atoms with Crippen LogP contribution in [0, 0.1) is 0 Å². The highest BCUT2D eigenvalue weighted by Crippen LogP contribution is 2.27. The molecule has 7 nitrogen and oxygen atoms in total. The summed E-state index contributed by atoms with van der Waals surface area (Å²) in [6, 6.07) is 27.5. The second-order valence-electron chi connectivity index (χ2n) is 8.17. The number of rotatable bonds is 6. The first-order valence-electron chi connectivity index (χ1n) is 11.0. The Kier molecular flexibility index (Phi) is 5.88. The normalized spacial score (nSPS) is 11.5. The Balaban J connectivity index is 1.63. The van der Waals surface area contributed by atoms with E-state index in [-0.39, 0.29) is 10.6 Å². The zero-order valence-electron chi connectivity index (χ0n) is 18.9. The largest absolute Gasteiger partial charge is 0.321 e. The van der Waals surface area contributed by atoms with Crippen molar-refractivity contribution in [2.24, 2.45) is 0 Å². The lowest BCUT2D eigenvalue weighted by molar-refractivity contribution is 0.102. The van der Waals surface area contributed by atoms with E-state index in [0.717, 1.165) is 17.4 Å². The molecular weight excluding hydrogens is 460 g/mol. The van der Waals surface area contributed by atoms with E-state index >= 15 is 0 Å². The number of nitrogens with zero attached hydrogens (tertiary/aromatic N) is 3. The van der Waals surface area contributed by atoms with E-state index < -0.39 is 15.7 Å². The van der Waals surface area contributed by atoms with E-state index in [0.29, 0.717) is 28.8 Å². The number of pyridine rings is 1. The molecule has 0 radical (unpaired) electrons. The van der Waals surface area contributed by atoms with Gasteiger partial charge in [0.15, 0.2) is 15.5 Å². The van der Waals surface area contributed by atoms with Crippen molar-refractivity contribution in [1.29, 1.82) is 0 Å². The van der Waals surface area contributed by atoms with Crippen LogP contribution in [0.5, 0.6) is 0 Å². The van der Waals surface area contributed by atoms with Crippen molar-refractivity contribution in [1.82, 2.24) is 14.8 Å². The molecule has 0 aliphatic heterocycles. The van der Waals surface area contributed by atoms with Gasteiger partial charge in [-0.3, -0.25) is 4.79 Å². The molecule has 0 bridgehead atoms. The number of carbonyl (C=O) groups is 1. The molecule has 0 atom stereocenters. The van der Waals surface area contributed by atoms with Gasteiger partial charge in [0.05, 0.1) is 40.0 Å². The fraction of sp³-hybridized carbons (Fsp3) is 0.0741. The Morgan fingerprint density at radius 2 is 1.57 bits per heavy atom. The SMILES string of the molecule is CS(=O)(=O)c1ccccc1NC(=O)c1cc(-c2ccccc2)nc2c1cnn2Cc1ccccc1. The fourth-order valence-electron chi connectivity index (χ4n) is 3.95. The number of para-hydroxylation sites is 1. The number of hydrogen-bond donors (Lipinski definition) is 1. The van der Waals surface area contributed by atoms with Crippen LogP contribution in [0.2, 0.25) is 0 Å². The Hall–Kier alpha value is -4.30. The third-order valence-corrected chi connectivity index (χ3v) is 6.79. The number of amides is 1. The average Bonchev–Trinajstić information content (AvgIpc) is 3.27. The first-order chi connectivity index (χ1) is 16.9. The molecule has 174 valence electrons. The van der Waals surface area contributed by atoms with Crippen molar-refractivity contribution in [2.45, 2.75) is 11.4 Å². The third-order valence-electron chi connectivity index (χ3n) is 5.63. The van der Waals surface area contributed by atoms with Crippen LogP contribution in [0.3, 0.4) is 0 Å². The van der Waals surface area contributed by atoms with Crippen LogP contribution in [-0.2, 0) is 16.4 Å². The van der Waals surface area contributed by atoms with Crippen LogP contribution in [0.15, 0.2) is 102 Å². The van der Waals surface area contributed by atoms with E-state index in [1.807, 2.05) is 60.7 Å². The van der Waals surface area contributed by atoms with Crippen molar-refractivity contribution < 1.29 is 13.2 Å². The molecule has 0 aliphatic rings. The van der Waals surface area contributed by atoms with Crippen LogP contribution in [0.1, 0.15) is 15.9 Å². The van der Waals surface area contributed by atoms with Gasteiger partial charge in [-0.25, -0.2) is 18.1 Å². The van der Waals surface area contributed by atoms with Crippen LogP contribution in [-0.4, -0.2) is 35.3 Å². The molecule has 35 heavy (non-hydrogen) atoms. The summed E-state index contributed by atoms with van der Waals surface area (Å²) in [5.74, 6) is -0.440. The number of fused-ring (bicyclic) bond motifs is 1. The highest BCUT2D eigenvalue weighted by Gasteiger charge is 2.20. The van der Waals surface area contributed by atoms with Gasteiger partial charge in [-0.15, -0.1) is 0 Å². The molecule has 2 aromatic heterocycles. The molecule has 0 spiro atoms. The molecule has 0 unspecified atom stereocenters. The monoisotopic (exact) mass is 482 g/mol. The molecule has 0 aliphatic carbocycles. The number of benzene rings is 3. The van der Waals surface area contributed by atoms with Gasteiger partial charge in [0.25, 0.3) is 5.91 Å². The smallest absolute Gasteiger partial charge is 0.256 e. The highest BCUT2D eigenvalue weighted by molar-refractivity contribution is 7.90. The lowest BCUT2D eigenvalue weighted by atomic mass is 10.1. The number of hydrogen-bond acceptors (Lipinski definition) is 5. The Morgan fingerprint density at radius 3 is 2.29 bits per heavy atom. The van der Waals surface area contributed by atoms with Gasteiger partial charge in [0.1, 0.15) is 0 Å². The van der Waals surface area contributed by atoms with Gasteiger partial charge < -0.3 is 5.32 Å². The van der Waals surface area contributed by atoms with Gasteiger partial charge >= 0.3 is 0 Å². The Labute approximate surface area is 203 Å². The van der Waals surface area contributed by atoms with Gasteiger partial charge in [-0.05, 0) is 23.8 Å². The molecule has 5 rings (SSSR count). The molecule has 8 heteroatoms. The summed E-state index contributed by atoms with van der Waals surface area (Å²) in [6.45, 7) is 0.494. The fourth-order valence-corrected chi connectivity index (χ4v) is 4.79.